The second-order valence-electron chi connectivity index (χ2n) is 6.69. The Kier molecular flexibility index (Phi) is 5.52. The first-order valence-electron chi connectivity index (χ1n) is 9.10. The third kappa shape index (κ3) is 4.32. The van der Waals surface area contributed by atoms with Crippen molar-refractivity contribution in [3.63, 3.8) is 0 Å². The smallest absolute Gasteiger partial charge is 0.180 e. The highest BCUT2D eigenvalue weighted by Gasteiger charge is 2.15. The van der Waals surface area contributed by atoms with E-state index in [2.05, 4.69) is 15.6 Å². The molecule has 0 saturated carbocycles. The standard InChI is InChI=1S/C22H14ClF2N5O/c23-18-8-15(1-2-19(18)24)29-21-14(10-26)12-28-22-17(21)7-16(9-20(22)25)27-11-13-3-5-30(31)6-4-13/h1-9,12,27H,11H2,(H,28,29). The summed E-state index contributed by atoms with van der Waals surface area (Å²) >= 11 is 5.85. The summed E-state index contributed by atoms with van der Waals surface area (Å²) in [5, 5.41) is 27.1. The number of anilines is 3. The van der Waals surface area contributed by atoms with Crippen molar-refractivity contribution in [1.29, 1.82) is 5.26 Å². The minimum atomic E-state index is -0.576. The van der Waals surface area contributed by atoms with Gasteiger partial charge < -0.3 is 15.8 Å². The lowest BCUT2D eigenvalue weighted by Gasteiger charge is -2.14. The highest BCUT2D eigenvalue weighted by atomic mass is 35.5. The first-order valence-corrected chi connectivity index (χ1v) is 9.48. The fraction of sp³-hybridized carbons (Fsp3) is 0.0455. The van der Waals surface area contributed by atoms with Gasteiger partial charge in [0.05, 0.1) is 16.3 Å². The summed E-state index contributed by atoms with van der Waals surface area (Å²) in [6.45, 7) is 0.355. The monoisotopic (exact) mass is 437 g/mol. The van der Waals surface area contributed by atoms with Crippen LogP contribution in [0.15, 0.2) is 61.1 Å². The second-order valence-corrected chi connectivity index (χ2v) is 7.09. The zero-order valence-corrected chi connectivity index (χ0v) is 16.6. The molecule has 0 amide bonds. The van der Waals surface area contributed by atoms with E-state index in [1.165, 1.54) is 42.9 Å². The molecule has 6 nitrogen and oxygen atoms in total. The van der Waals surface area contributed by atoms with Crippen LogP contribution in [-0.2, 0) is 6.54 Å². The van der Waals surface area contributed by atoms with Crippen molar-refractivity contribution in [2.75, 3.05) is 10.6 Å². The number of fused-ring (bicyclic) bond motifs is 1. The molecule has 0 aliphatic rings. The van der Waals surface area contributed by atoms with Crippen LogP contribution in [-0.4, -0.2) is 4.98 Å². The van der Waals surface area contributed by atoms with Gasteiger partial charge >= 0.3 is 0 Å². The van der Waals surface area contributed by atoms with Gasteiger partial charge in [0.2, 0.25) is 0 Å². The average molecular weight is 438 g/mol. The molecule has 2 aromatic heterocycles. The topological polar surface area (TPSA) is 87.7 Å². The zero-order chi connectivity index (χ0) is 22.0. The molecule has 31 heavy (non-hydrogen) atoms. The first-order chi connectivity index (χ1) is 14.9. The largest absolute Gasteiger partial charge is 0.619 e. The van der Waals surface area contributed by atoms with Gasteiger partial charge in [-0.25, -0.2) is 8.78 Å². The molecule has 2 N–H and O–H groups in total. The van der Waals surface area contributed by atoms with Crippen LogP contribution >= 0.6 is 11.6 Å². The molecule has 0 fully saturated rings. The van der Waals surface area contributed by atoms with Crippen LogP contribution in [0.3, 0.4) is 0 Å². The normalized spacial score (nSPS) is 10.6. The molecule has 4 aromatic rings. The minimum absolute atomic E-state index is 0.0763. The van der Waals surface area contributed by atoms with E-state index in [0.29, 0.717) is 33.7 Å². The lowest BCUT2D eigenvalue weighted by atomic mass is 10.1. The number of nitriles is 1. The average Bonchev–Trinajstić information content (AvgIpc) is 2.76. The van der Waals surface area contributed by atoms with Crippen LogP contribution in [0.25, 0.3) is 10.9 Å². The van der Waals surface area contributed by atoms with Gasteiger partial charge in [-0.3, -0.25) is 4.98 Å². The van der Waals surface area contributed by atoms with E-state index in [0.717, 1.165) is 5.56 Å². The SMILES string of the molecule is N#Cc1cnc2c(F)cc(NCc3cc[n+]([O-])cc3)cc2c1Nc1ccc(F)c(Cl)c1. The van der Waals surface area contributed by atoms with Gasteiger partial charge in [-0.15, -0.1) is 0 Å². The molecule has 0 radical (unpaired) electrons. The molecule has 9 heteroatoms. The van der Waals surface area contributed by atoms with E-state index in [1.807, 2.05) is 6.07 Å². The van der Waals surface area contributed by atoms with E-state index in [9.17, 15) is 19.2 Å². The Morgan fingerprint density at radius 1 is 1.06 bits per heavy atom. The van der Waals surface area contributed by atoms with Gasteiger partial charge in [0.25, 0.3) is 0 Å². The van der Waals surface area contributed by atoms with Crippen molar-refractivity contribution in [2.45, 2.75) is 6.54 Å². The molecule has 0 spiro atoms. The number of hydrogen-bond donors (Lipinski definition) is 2. The van der Waals surface area contributed by atoms with Gasteiger partial charge in [0.15, 0.2) is 18.2 Å². The van der Waals surface area contributed by atoms with Crippen LogP contribution in [0.4, 0.5) is 25.8 Å². The molecule has 0 unspecified atom stereocenters. The van der Waals surface area contributed by atoms with Crippen LogP contribution < -0.4 is 15.4 Å². The van der Waals surface area contributed by atoms with E-state index in [4.69, 9.17) is 11.6 Å². The van der Waals surface area contributed by atoms with E-state index < -0.39 is 11.6 Å². The van der Waals surface area contributed by atoms with Crippen LogP contribution in [0, 0.1) is 28.2 Å². The summed E-state index contributed by atoms with van der Waals surface area (Å²) < 4.78 is 28.9. The maximum absolute atomic E-state index is 14.8. The molecule has 2 heterocycles. The first kappa shape index (κ1) is 20.3. The second kappa shape index (κ2) is 8.42. The van der Waals surface area contributed by atoms with Crippen molar-refractivity contribution in [3.8, 4) is 6.07 Å². The predicted molar refractivity (Wildman–Crippen MR) is 114 cm³/mol. The maximum Gasteiger partial charge on any atom is 0.180 e. The number of rotatable bonds is 5. The number of nitrogens with zero attached hydrogens (tertiary/aromatic N) is 3. The molecule has 2 aromatic carbocycles. The number of halogens is 3. The molecule has 4 rings (SSSR count). The molecule has 0 aliphatic carbocycles. The zero-order valence-electron chi connectivity index (χ0n) is 15.9. The van der Waals surface area contributed by atoms with Gasteiger partial charge in [-0.05, 0) is 35.9 Å². The van der Waals surface area contributed by atoms with Crippen LogP contribution in [0.5, 0.6) is 0 Å². The number of aromatic nitrogens is 2. The van der Waals surface area contributed by atoms with Crippen molar-refractivity contribution < 1.29 is 13.5 Å². The van der Waals surface area contributed by atoms with E-state index in [-0.39, 0.29) is 16.1 Å². The van der Waals surface area contributed by atoms with E-state index >= 15 is 0 Å². The molecular formula is C22H14ClF2N5O. The Bertz CT molecular complexity index is 1320. The number of benzene rings is 2. The number of nitrogens with one attached hydrogen (secondary N) is 2. The van der Waals surface area contributed by atoms with Gasteiger partial charge in [0.1, 0.15) is 17.4 Å². The number of pyridine rings is 2. The summed E-state index contributed by atoms with van der Waals surface area (Å²) in [6.07, 6.45) is 4.02. The Balaban J connectivity index is 1.73. The van der Waals surface area contributed by atoms with Gasteiger partial charge in [0, 0.05) is 41.6 Å². The Labute approximate surface area is 180 Å². The third-order valence-corrected chi connectivity index (χ3v) is 4.89. The predicted octanol–water partition coefficient (Wildman–Crippen LogP) is 5.03. The fourth-order valence-electron chi connectivity index (χ4n) is 3.06. The number of hydrogen-bond acceptors (Lipinski definition) is 5. The summed E-state index contributed by atoms with van der Waals surface area (Å²) in [5.74, 6) is -1.15. The summed E-state index contributed by atoms with van der Waals surface area (Å²) in [4.78, 5) is 4.07. The van der Waals surface area contributed by atoms with Crippen molar-refractivity contribution in [2.24, 2.45) is 0 Å². The van der Waals surface area contributed by atoms with Gasteiger partial charge in [-0.2, -0.15) is 9.99 Å². The lowest BCUT2D eigenvalue weighted by molar-refractivity contribution is -0.605. The Morgan fingerprint density at radius 2 is 1.84 bits per heavy atom. The van der Waals surface area contributed by atoms with Crippen LogP contribution in [0.1, 0.15) is 11.1 Å². The third-order valence-electron chi connectivity index (χ3n) is 4.60. The highest BCUT2D eigenvalue weighted by Crippen LogP contribution is 2.33. The molecule has 0 aliphatic heterocycles. The molecule has 0 atom stereocenters. The summed E-state index contributed by atoms with van der Waals surface area (Å²) in [7, 11) is 0. The Hall–Kier alpha value is -3.96. The van der Waals surface area contributed by atoms with Crippen molar-refractivity contribution >= 4 is 39.6 Å². The maximum atomic E-state index is 14.8. The highest BCUT2D eigenvalue weighted by molar-refractivity contribution is 6.31. The van der Waals surface area contributed by atoms with Gasteiger partial charge in [-0.1, -0.05) is 11.6 Å². The fourth-order valence-corrected chi connectivity index (χ4v) is 3.25. The minimum Gasteiger partial charge on any atom is -0.619 e. The molecule has 0 saturated heterocycles. The lowest BCUT2D eigenvalue weighted by Crippen LogP contribution is -2.23. The summed E-state index contributed by atoms with van der Waals surface area (Å²) in [5.41, 5.74) is 2.31. The summed E-state index contributed by atoms with van der Waals surface area (Å²) in [6, 6.07) is 12.3. The van der Waals surface area contributed by atoms with E-state index in [1.54, 1.807) is 18.2 Å². The quantitative estimate of drug-likeness (QED) is 0.338. The molecular weight excluding hydrogens is 424 g/mol. The van der Waals surface area contributed by atoms with Crippen molar-refractivity contribution in [3.05, 3.63) is 94.0 Å². The molecule has 154 valence electrons. The Morgan fingerprint density at radius 3 is 2.55 bits per heavy atom. The van der Waals surface area contributed by atoms with Crippen molar-refractivity contribution in [1.82, 2.24) is 4.98 Å². The van der Waals surface area contributed by atoms with Crippen LogP contribution in [0.2, 0.25) is 5.02 Å². The molecule has 0 bridgehead atoms.